The molecule has 1 aliphatic rings. The van der Waals surface area contributed by atoms with Gasteiger partial charge in [-0.05, 0) is 13.0 Å². The van der Waals surface area contributed by atoms with Gasteiger partial charge in [-0.25, -0.2) is 0 Å². The third-order valence-electron chi connectivity index (χ3n) is 3.15. The van der Waals surface area contributed by atoms with Gasteiger partial charge in [0, 0.05) is 31.1 Å². The third-order valence-corrected chi connectivity index (χ3v) is 3.15. The molecule has 0 atom stereocenters. The molecule has 1 aliphatic heterocycles. The van der Waals surface area contributed by atoms with Gasteiger partial charge in [0.15, 0.2) is 11.5 Å². The Morgan fingerprint density at radius 2 is 2.05 bits per heavy atom. The number of para-hydroxylation sites is 1. The molecule has 0 bridgehead atoms. The Bertz CT molecular complexity index is 586. The fourth-order valence-electron chi connectivity index (χ4n) is 2.22. The number of nitrogens with one attached hydrogen (secondary N) is 1. The summed E-state index contributed by atoms with van der Waals surface area (Å²) in [5, 5.41) is 7.30. The molecule has 0 aliphatic carbocycles. The maximum absolute atomic E-state index is 5.79. The molecule has 3 rings (SSSR count). The van der Waals surface area contributed by atoms with Crippen LogP contribution in [0, 0.1) is 6.92 Å². The fourth-order valence-corrected chi connectivity index (χ4v) is 2.22. The van der Waals surface area contributed by atoms with E-state index in [-0.39, 0.29) is 12.4 Å². The highest BCUT2D eigenvalue weighted by atomic mass is 35.5. The Balaban J connectivity index is 0.00000161. The van der Waals surface area contributed by atoms with Crippen molar-refractivity contribution in [3.63, 3.8) is 0 Å². The highest BCUT2D eigenvalue weighted by molar-refractivity contribution is 5.85. The zero-order valence-electron chi connectivity index (χ0n) is 11.9. The minimum Gasteiger partial charge on any atom is -0.490 e. The zero-order chi connectivity index (χ0) is 13.8. The van der Waals surface area contributed by atoms with E-state index in [9.17, 15) is 0 Å². The second-order valence-corrected chi connectivity index (χ2v) is 4.83. The Morgan fingerprint density at radius 1 is 1.19 bits per heavy atom. The Morgan fingerprint density at radius 3 is 2.86 bits per heavy atom. The quantitative estimate of drug-likeness (QED) is 0.941. The highest BCUT2D eigenvalue weighted by Crippen LogP contribution is 2.33. The number of ether oxygens (including phenoxy) is 2. The standard InChI is InChI=1S/C15H18N2O3.ClH/c1-11-8-13(17-20-11)10-16-9-12-4-2-5-14-15(12)19-7-3-6-18-14;/h2,4-5,8,16H,3,6-7,9-10H2,1H3;1H. The first-order valence-electron chi connectivity index (χ1n) is 6.83. The molecular weight excluding hydrogens is 292 g/mol. The molecule has 2 heterocycles. The largest absolute Gasteiger partial charge is 0.490 e. The molecule has 6 heteroatoms. The monoisotopic (exact) mass is 310 g/mol. The molecule has 1 aromatic heterocycles. The average Bonchev–Trinajstić information content (AvgIpc) is 2.73. The van der Waals surface area contributed by atoms with Crippen molar-refractivity contribution in [3.8, 4) is 11.5 Å². The van der Waals surface area contributed by atoms with Crippen molar-refractivity contribution >= 4 is 12.4 Å². The van der Waals surface area contributed by atoms with Crippen LogP contribution in [0.5, 0.6) is 11.5 Å². The number of hydrogen-bond acceptors (Lipinski definition) is 5. The first-order valence-corrected chi connectivity index (χ1v) is 6.83. The number of nitrogens with zero attached hydrogens (tertiary/aromatic N) is 1. The van der Waals surface area contributed by atoms with Crippen LogP contribution >= 0.6 is 12.4 Å². The molecule has 21 heavy (non-hydrogen) atoms. The number of fused-ring (bicyclic) bond motifs is 1. The number of aryl methyl sites for hydroxylation is 1. The number of hydrogen-bond donors (Lipinski definition) is 1. The van der Waals surface area contributed by atoms with E-state index in [2.05, 4.69) is 16.5 Å². The molecule has 114 valence electrons. The lowest BCUT2D eigenvalue weighted by Gasteiger charge is -2.12. The van der Waals surface area contributed by atoms with Crippen LogP contribution < -0.4 is 14.8 Å². The average molecular weight is 311 g/mol. The molecule has 1 N–H and O–H groups in total. The van der Waals surface area contributed by atoms with Crippen molar-refractivity contribution in [3.05, 3.63) is 41.3 Å². The SMILES string of the molecule is Cc1cc(CNCc2cccc3c2OCCCO3)no1.Cl. The second kappa shape index (κ2) is 7.33. The molecule has 0 saturated heterocycles. The van der Waals surface area contributed by atoms with Gasteiger partial charge in [0.1, 0.15) is 5.76 Å². The summed E-state index contributed by atoms with van der Waals surface area (Å²) in [6, 6.07) is 7.92. The van der Waals surface area contributed by atoms with Gasteiger partial charge in [-0.15, -0.1) is 12.4 Å². The number of aromatic nitrogens is 1. The number of rotatable bonds is 4. The van der Waals surface area contributed by atoms with Gasteiger partial charge >= 0.3 is 0 Å². The minimum atomic E-state index is 0. The van der Waals surface area contributed by atoms with Crippen LogP contribution in [0.15, 0.2) is 28.8 Å². The van der Waals surface area contributed by atoms with Crippen LogP contribution in [0.4, 0.5) is 0 Å². The predicted molar refractivity (Wildman–Crippen MR) is 81.1 cm³/mol. The van der Waals surface area contributed by atoms with Crippen LogP contribution in [0.3, 0.4) is 0 Å². The van der Waals surface area contributed by atoms with Crippen LogP contribution in [-0.2, 0) is 13.1 Å². The third kappa shape index (κ3) is 3.89. The van der Waals surface area contributed by atoms with Crippen molar-refractivity contribution in [2.75, 3.05) is 13.2 Å². The maximum atomic E-state index is 5.79. The van der Waals surface area contributed by atoms with Crippen molar-refractivity contribution in [2.45, 2.75) is 26.4 Å². The van der Waals surface area contributed by atoms with Crippen molar-refractivity contribution in [1.29, 1.82) is 0 Å². The molecule has 2 aromatic rings. The second-order valence-electron chi connectivity index (χ2n) is 4.83. The van der Waals surface area contributed by atoms with E-state index in [0.29, 0.717) is 26.3 Å². The molecule has 0 spiro atoms. The smallest absolute Gasteiger partial charge is 0.165 e. The van der Waals surface area contributed by atoms with Crippen molar-refractivity contribution in [2.24, 2.45) is 0 Å². The van der Waals surface area contributed by atoms with E-state index in [0.717, 1.165) is 34.9 Å². The summed E-state index contributed by atoms with van der Waals surface area (Å²) < 4.78 is 16.5. The number of benzene rings is 1. The lowest BCUT2D eigenvalue weighted by atomic mass is 10.2. The van der Waals surface area contributed by atoms with Gasteiger partial charge in [0.2, 0.25) is 0 Å². The van der Waals surface area contributed by atoms with Gasteiger partial charge < -0.3 is 19.3 Å². The summed E-state index contributed by atoms with van der Waals surface area (Å²) in [6.07, 6.45) is 0.916. The Labute approximate surface area is 130 Å². The molecule has 1 aromatic carbocycles. The van der Waals surface area contributed by atoms with E-state index in [1.165, 1.54) is 0 Å². The van der Waals surface area contributed by atoms with E-state index in [1.54, 1.807) is 0 Å². The van der Waals surface area contributed by atoms with Gasteiger partial charge in [-0.2, -0.15) is 0 Å². The van der Waals surface area contributed by atoms with E-state index < -0.39 is 0 Å². The normalized spacial score (nSPS) is 13.4. The molecular formula is C15H19ClN2O3. The Kier molecular flexibility index (Phi) is 5.47. The molecule has 5 nitrogen and oxygen atoms in total. The lowest BCUT2D eigenvalue weighted by molar-refractivity contribution is 0.296. The molecule has 0 amide bonds. The minimum absolute atomic E-state index is 0. The summed E-state index contributed by atoms with van der Waals surface area (Å²) in [4.78, 5) is 0. The van der Waals surface area contributed by atoms with Gasteiger partial charge in [-0.3, -0.25) is 0 Å². The molecule has 0 fully saturated rings. The topological polar surface area (TPSA) is 56.5 Å². The van der Waals surface area contributed by atoms with Crippen molar-refractivity contribution < 1.29 is 14.0 Å². The predicted octanol–water partition coefficient (Wildman–Crippen LogP) is 2.86. The maximum Gasteiger partial charge on any atom is 0.165 e. The van der Waals surface area contributed by atoms with Crippen LogP contribution in [-0.4, -0.2) is 18.4 Å². The summed E-state index contributed by atoms with van der Waals surface area (Å²) in [6.45, 7) is 4.67. The summed E-state index contributed by atoms with van der Waals surface area (Å²) in [7, 11) is 0. The van der Waals surface area contributed by atoms with E-state index >= 15 is 0 Å². The van der Waals surface area contributed by atoms with Crippen LogP contribution in [0.2, 0.25) is 0 Å². The lowest BCUT2D eigenvalue weighted by Crippen LogP contribution is -2.14. The van der Waals surface area contributed by atoms with Crippen molar-refractivity contribution in [1.82, 2.24) is 10.5 Å². The Hall–Kier alpha value is -1.72. The first kappa shape index (κ1) is 15.7. The van der Waals surface area contributed by atoms with E-state index in [4.69, 9.17) is 14.0 Å². The fraction of sp³-hybridized carbons (Fsp3) is 0.400. The summed E-state index contributed by atoms with van der Waals surface area (Å²) in [5.41, 5.74) is 2.01. The van der Waals surface area contributed by atoms with Gasteiger partial charge in [0.25, 0.3) is 0 Å². The van der Waals surface area contributed by atoms with E-state index in [1.807, 2.05) is 25.1 Å². The van der Waals surface area contributed by atoms with Crippen LogP contribution in [0.25, 0.3) is 0 Å². The van der Waals surface area contributed by atoms with Gasteiger partial charge in [0.05, 0.1) is 18.9 Å². The number of halogens is 1. The summed E-state index contributed by atoms with van der Waals surface area (Å²) in [5.74, 6) is 2.51. The van der Waals surface area contributed by atoms with Gasteiger partial charge in [-0.1, -0.05) is 17.3 Å². The first-order chi connectivity index (χ1) is 9.83. The molecule has 0 saturated carbocycles. The molecule has 0 unspecified atom stereocenters. The highest BCUT2D eigenvalue weighted by Gasteiger charge is 2.14. The molecule has 0 radical (unpaired) electrons. The zero-order valence-corrected chi connectivity index (χ0v) is 12.7. The summed E-state index contributed by atoms with van der Waals surface area (Å²) >= 11 is 0. The van der Waals surface area contributed by atoms with Crippen LogP contribution in [0.1, 0.15) is 23.4 Å².